The number of carbonyl (C=O) groups excluding carboxylic acids is 3. The molecule has 0 radical (unpaired) electrons. The molecule has 2 aromatic rings. The molecule has 2 aromatic carbocycles. The molecule has 11 heteroatoms. The van der Waals surface area contributed by atoms with Crippen LogP contribution in [0.4, 0.5) is 10.5 Å². The summed E-state index contributed by atoms with van der Waals surface area (Å²) in [6.45, 7) is 2.66. The number of aryl methyl sites for hydroxylation is 1. The van der Waals surface area contributed by atoms with E-state index in [9.17, 15) is 22.8 Å². The van der Waals surface area contributed by atoms with E-state index >= 15 is 0 Å². The molecule has 0 aromatic heterocycles. The number of halogens is 1. The van der Waals surface area contributed by atoms with Crippen LogP contribution in [0.5, 0.6) is 0 Å². The summed E-state index contributed by atoms with van der Waals surface area (Å²) in [4.78, 5) is 38.8. The molecule has 0 bridgehead atoms. The molecular weight excluding hydrogens is 456 g/mol. The molecule has 0 saturated carbocycles. The van der Waals surface area contributed by atoms with E-state index < -0.39 is 40.0 Å². The summed E-state index contributed by atoms with van der Waals surface area (Å²) < 4.78 is 26.0. The van der Waals surface area contributed by atoms with Gasteiger partial charge in [0.2, 0.25) is 15.9 Å². The topological polar surface area (TPSA) is 116 Å². The van der Waals surface area contributed by atoms with Crippen LogP contribution < -0.4 is 10.6 Å². The number of amides is 4. The first-order valence-corrected chi connectivity index (χ1v) is 11.4. The third kappa shape index (κ3) is 4.34. The van der Waals surface area contributed by atoms with Gasteiger partial charge in [-0.2, -0.15) is 0 Å². The zero-order valence-electron chi connectivity index (χ0n) is 18.0. The summed E-state index contributed by atoms with van der Waals surface area (Å²) in [5, 5.41) is 5.65. The van der Waals surface area contributed by atoms with Gasteiger partial charge in [0.05, 0.1) is 4.90 Å². The summed E-state index contributed by atoms with van der Waals surface area (Å²) >= 11 is 5.89. The number of hydrogen-bond acceptors (Lipinski definition) is 5. The molecule has 2 N–H and O–H groups in total. The van der Waals surface area contributed by atoms with Crippen molar-refractivity contribution in [2.75, 3.05) is 26.0 Å². The van der Waals surface area contributed by atoms with Crippen molar-refractivity contribution in [2.45, 2.75) is 24.3 Å². The number of urea groups is 1. The fourth-order valence-corrected chi connectivity index (χ4v) is 4.59. The molecule has 1 atom stereocenters. The fourth-order valence-electron chi connectivity index (χ4n) is 3.32. The Morgan fingerprint density at radius 1 is 1.16 bits per heavy atom. The molecule has 32 heavy (non-hydrogen) atoms. The van der Waals surface area contributed by atoms with Gasteiger partial charge >= 0.3 is 6.03 Å². The van der Waals surface area contributed by atoms with E-state index in [0.717, 1.165) is 9.21 Å². The van der Waals surface area contributed by atoms with Crippen LogP contribution in [0.25, 0.3) is 0 Å². The highest BCUT2D eigenvalue weighted by Crippen LogP contribution is 2.29. The molecule has 1 heterocycles. The maximum absolute atomic E-state index is 13.0. The highest BCUT2D eigenvalue weighted by atomic mass is 35.5. The van der Waals surface area contributed by atoms with Gasteiger partial charge in [0.1, 0.15) is 12.1 Å². The van der Waals surface area contributed by atoms with Crippen molar-refractivity contribution in [3.63, 3.8) is 0 Å². The highest BCUT2D eigenvalue weighted by Gasteiger charge is 2.49. The Bertz CT molecular complexity index is 1200. The highest BCUT2D eigenvalue weighted by molar-refractivity contribution is 7.89. The molecular formula is C21H23ClN4O5S. The number of nitrogens with zero attached hydrogens (tertiary/aromatic N) is 2. The molecule has 3 rings (SSSR count). The maximum atomic E-state index is 13.0. The molecule has 1 unspecified atom stereocenters. The van der Waals surface area contributed by atoms with Crippen LogP contribution in [-0.2, 0) is 25.2 Å². The number of nitrogens with one attached hydrogen (secondary N) is 2. The third-order valence-electron chi connectivity index (χ3n) is 5.23. The monoisotopic (exact) mass is 478 g/mol. The summed E-state index contributed by atoms with van der Waals surface area (Å²) in [7, 11) is -0.887. The largest absolute Gasteiger partial charge is 0.325 e. The van der Waals surface area contributed by atoms with Gasteiger partial charge < -0.3 is 10.6 Å². The van der Waals surface area contributed by atoms with Crippen LogP contribution in [0.15, 0.2) is 47.4 Å². The summed E-state index contributed by atoms with van der Waals surface area (Å²) in [6, 6.07) is 10.2. The lowest BCUT2D eigenvalue weighted by atomic mass is 9.92. The molecule has 9 nitrogen and oxygen atoms in total. The molecule has 170 valence electrons. The second-order valence-electron chi connectivity index (χ2n) is 7.77. The van der Waals surface area contributed by atoms with E-state index in [4.69, 9.17) is 11.6 Å². The standard InChI is InChI=1S/C21H23ClN4O5S/c1-13-5-10-16(11-17(13)32(30,31)25(3)4)23-18(27)12-26-19(28)21(2,24-20(26)29)14-6-8-15(22)9-7-14/h5-11H,12H2,1-4H3,(H,23,27)(H,24,29). The van der Waals surface area contributed by atoms with E-state index in [1.807, 2.05) is 0 Å². The second kappa shape index (κ2) is 8.53. The third-order valence-corrected chi connectivity index (χ3v) is 7.44. The van der Waals surface area contributed by atoms with Crippen molar-refractivity contribution in [3.8, 4) is 0 Å². The van der Waals surface area contributed by atoms with Crippen molar-refractivity contribution >= 4 is 45.2 Å². The molecule has 1 saturated heterocycles. The first kappa shape index (κ1) is 23.7. The van der Waals surface area contributed by atoms with Gasteiger partial charge in [0.15, 0.2) is 0 Å². The summed E-state index contributed by atoms with van der Waals surface area (Å²) in [5.41, 5.74) is -0.0584. The lowest BCUT2D eigenvalue weighted by Crippen LogP contribution is -2.42. The van der Waals surface area contributed by atoms with Crippen molar-refractivity contribution in [2.24, 2.45) is 0 Å². The minimum atomic E-state index is -3.71. The summed E-state index contributed by atoms with van der Waals surface area (Å²) in [5.74, 6) is -1.23. The van der Waals surface area contributed by atoms with Gasteiger partial charge in [-0.1, -0.05) is 29.8 Å². The van der Waals surface area contributed by atoms with Crippen LogP contribution in [-0.4, -0.2) is 56.1 Å². The Morgan fingerprint density at radius 2 is 1.78 bits per heavy atom. The lowest BCUT2D eigenvalue weighted by Gasteiger charge is -2.22. The van der Waals surface area contributed by atoms with Crippen LogP contribution >= 0.6 is 11.6 Å². The van der Waals surface area contributed by atoms with Crippen LogP contribution in [0.2, 0.25) is 5.02 Å². The van der Waals surface area contributed by atoms with Gasteiger partial charge in [-0.15, -0.1) is 0 Å². The van der Waals surface area contributed by atoms with E-state index in [1.165, 1.54) is 20.2 Å². The van der Waals surface area contributed by atoms with Crippen LogP contribution in [0, 0.1) is 6.92 Å². The Labute approximate surface area is 191 Å². The van der Waals surface area contributed by atoms with Gasteiger partial charge in [-0.25, -0.2) is 17.5 Å². The van der Waals surface area contributed by atoms with E-state index in [1.54, 1.807) is 50.2 Å². The number of sulfonamides is 1. The maximum Gasteiger partial charge on any atom is 0.325 e. The molecule has 4 amide bonds. The number of anilines is 1. The Hall–Kier alpha value is -2.95. The predicted molar refractivity (Wildman–Crippen MR) is 120 cm³/mol. The smallest absolute Gasteiger partial charge is 0.324 e. The minimum absolute atomic E-state index is 0.0469. The second-order valence-corrected chi connectivity index (χ2v) is 10.3. The zero-order chi connectivity index (χ0) is 23.8. The zero-order valence-corrected chi connectivity index (χ0v) is 19.5. The number of carbonyl (C=O) groups is 3. The minimum Gasteiger partial charge on any atom is -0.324 e. The van der Waals surface area contributed by atoms with Crippen molar-refractivity contribution in [3.05, 3.63) is 58.6 Å². The van der Waals surface area contributed by atoms with Crippen LogP contribution in [0.1, 0.15) is 18.1 Å². The Balaban J connectivity index is 1.78. The summed E-state index contributed by atoms with van der Waals surface area (Å²) in [6.07, 6.45) is 0. The number of benzene rings is 2. The molecule has 1 aliphatic rings. The van der Waals surface area contributed by atoms with Crippen LogP contribution in [0.3, 0.4) is 0 Å². The van der Waals surface area contributed by atoms with E-state index in [-0.39, 0.29) is 10.6 Å². The van der Waals surface area contributed by atoms with Gasteiger partial charge in [-0.3, -0.25) is 14.5 Å². The average molecular weight is 479 g/mol. The lowest BCUT2D eigenvalue weighted by molar-refractivity contribution is -0.133. The fraction of sp³-hybridized carbons (Fsp3) is 0.286. The van der Waals surface area contributed by atoms with Crippen molar-refractivity contribution in [1.82, 2.24) is 14.5 Å². The first-order valence-electron chi connectivity index (χ1n) is 9.59. The molecule has 1 aliphatic heterocycles. The average Bonchev–Trinajstić information content (AvgIpc) is 2.93. The first-order chi connectivity index (χ1) is 14.9. The number of rotatable bonds is 6. The number of imide groups is 1. The molecule has 1 fully saturated rings. The van der Waals surface area contributed by atoms with E-state index in [2.05, 4.69) is 10.6 Å². The van der Waals surface area contributed by atoms with Crippen molar-refractivity contribution < 1.29 is 22.8 Å². The van der Waals surface area contributed by atoms with Crippen molar-refractivity contribution in [1.29, 1.82) is 0 Å². The molecule has 0 aliphatic carbocycles. The van der Waals surface area contributed by atoms with Gasteiger partial charge in [0.25, 0.3) is 5.91 Å². The van der Waals surface area contributed by atoms with Gasteiger partial charge in [0, 0.05) is 24.8 Å². The molecule has 0 spiro atoms. The Kier molecular flexibility index (Phi) is 6.32. The predicted octanol–water partition coefficient (Wildman–Crippen LogP) is 2.30. The SMILES string of the molecule is Cc1ccc(NC(=O)CN2C(=O)NC(C)(c3ccc(Cl)cc3)C2=O)cc1S(=O)(=O)N(C)C. The Morgan fingerprint density at radius 3 is 2.38 bits per heavy atom. The quantitative estimate of drug-likeness (QED) is 0.618. The van der Waals surface area contributed by atoms with Gasteiger partial charge in [-0.05, 0) is 49.2 Å². The normalized spacial score (nSPS) is 18.8. The number of hydrogen-bond donors (Lipinski definition) is 2. The van der Waals surface area contributed by atoms with E-state index in [0.29, 0.717) is 16.1 Å².